The summed E-state index contributed by atoms with van der Waals surface area (Å²) in [6.07, 6.45) is 1.52. The first-order valence-corrected chi connectivity index (χ1v) is 13.1. The second kappa shape index (κ2) is 12.0. The second-order valence-corrected chi connectivity index (χ2v) is 10.3. The fourth-order valence-corrected chi connectivity index (χ4v) is 4.57. The molecule has 0 aliphatic rings. The van der Waals surface area contributed by atoms with E-state index < -0.39 is 16.1 Å². The Morgan fingerprint density at radius 2 is 1.79 bits per heavy atom. The topological polar surface area (TPSA) is 86.8 Å². The minimum atomic E-state index is -3.56. The Balaban J connectivity index is 2.14. The van der Waals surface area contributed by atoms with Gasteiger partial charge in [-0.05, 0) is 51.0 Å². The number of nitrogens with zero attached hydrogens (tertiary/aromatic N) is 2. The average molecular weight is 494 g/mol. The lowest BCUT2D eigenvalue weighted by molar-refractivity contribution is -0.140. The van der Waals surface area contributed by atoms with Crippen molar-refractivity contribution >= 4 is 39.1 Å². The van der Waals surface area contributed by atoms with Crippen LogP contribution in [0.5, 0.6) is 0 Å². The molecule has 180 valence electrons. The van der Waals surface area contributed by atoms with Crippen molar-refractivity contribution in [2.24, 2.45) is 0 Å². The zero-order chi connectivity index (χ0) is 24.6. The van der Waals surface area contributed by atoms with Crippen LogP contribution in [0.3, 0.4) is 0 Å². The molecule has 0 spiro atoms. The first-order chi connectivity index (χ1) is 15.5. The molecule has 1 atom stereocenters. The van der Waals surface area contributed by atoms with Crippen LogP contribution in [-0.4, -0.2) is 50.5 Å². The molecule has 0 aliphatic heterocycles. The van der Waals surface area contributed by atoms with E-state index in [2.05, 4.69) is 5.32 Å². The number of nitrogens with one attached hydrogen (secondary N) is 1. The van der Waals surface area contributed by atoms with Crippen molar-refractivity contribution in [1.29, 1.82) is 0 Å². The number of hydrogen-bond donors (Lipinski definition) is 1. The number of anilines is 1. The van der Waals surface area contributed by atoms with Crippen LogP contribution in [-0.2, 0) is 26.2 Å². The molecule has 0 saturated heterocycles. The van der Waals surface area contributed by atoms with Crippen molar-refractivity contribution in [1.82, 2.24) is 10.2 Å². The number of rotatable bonds is 11. The minimum absolute atomic E-state index is 0.0994. The summed E-state index contributed by atoms with van der Waals surface area (Å²) in [5, 5.41) is 3.19. The Hall–Kier alpha value is -2.58. The molecule has 1 N–H and O–H groups in total. The van der Waals surface area contributed by atoms with E-state index in [1.165, 1.54) is 4.31 Å². The van der Waals surface area contributed by atoms with Crippen LogP contribution in [0.1, 0.15) is 37.8 Å². The van der Waals surface area contributed by atoms with Gasteiger partial charge in [0.2, 0.25) is 21.8 Å². The van der Waals surface area contributed by atoms with E-state index in [0.29, 0.717) is 30.2 Å². The Kier molecular flexibility index (Phi) is 9.73. The van der Waals surface area contributed by atoms with Crippen LogP contribution in [0.4, 0.5) is 5.69 Å². The lowest BCUT2D eigenvalue weighted by atomic mass is 10.1. The molecule has 9 heteroatoms. The fraction of sp³-hybridized carbons (Fsp3) is 0.417. The van der Waals surface area contributed by atoms with E-state index in [1.54, 1.807) is 36.1 Å². The molecule has 0 radical (unpaired) electrons. The predicted octanol–water partition coefficient (Wildman–Crippen LogP) is 3.75. The molecule has 0 aliphatic carbocycles. The van der Waals surface area contributed by atoms with Crippen molar-refractivity contribution in [2.75, 3.05) is 23.7 Å². The molecule has 2 amide bonds. The summed E-state index contributed by atoms with van der Waals surface area (Å²) in [6.45, 7) is 6.40. The highest BCUT2D eigenvalue weighted by Crippen LogP contribution is 2.22. The molecule has 0 unspecified atom stereocenters. The summed E-state index contributed by atoms with van der Waals surface area (Å²) < 4.78 is 25.9. The van der Waals surface area contributed by atoms with E-state index in [4.69, 9.17) is 11.6 Å². The van der Waals surface area contributed by atoms with Crippen molar-refractivity contribution in [2.45, 2.75) is 46.2 Å². The van der Waals surface area contributed by atoms with Crippen LogP contribution in [0.25, 0.3) is 0 Å². The van der Waals surface area contributed by atoms with E-state index in [-0.39, 0.29) is 24.8 Å². The number of amides is 2. The Labute approximate surface area is 201 Å². The number of aryl methyl sites for hydroxylation is 1. The molecular formula is C24H32ClN3O4S. The zero-order valence-electron chi connectivity index (χ0n) is 19.5. The van der Waals surface area contributed by atoms with Gasteiger partial charge in [0, 0.05) is 31.1 Å². The van der Waals surface area contributed by atoms with Gasteiger partial charge in [-0.2, -0.15) is 0 Å². The molecule has 0 bridgehead atoms. The first-order valence-electron chi connectivity index (χ1n) is 10.9. The molecule has 0 fully saturated rings. The van der Waals surface area contributed by atoms with Gasteiger partial charge in [0.15, 0.2) is 0 Å². The van der Waals surface area contributed by atoms with Gasteiger partial charge in [-0.25, -0.2) is 8.42 Å². The maximum atomic E-state index is 13.1. The van der Waals surface area contributed by atoms with Crippen LogP contribution in [0, 0.1) is 6.92 Å². The number of benzene rings is 2. The molecule has 0 aromatic heterocycles. The van der Waals surface area contributed by atoms with Crippen LogP contribution in [0.15, 0.2) is 48.5 Å². The number of likely N-dealkylation sites (N-methyl/N-ethyl adjacent to an activating group) is 1. The van der Waals surface area contributed by atoms with Crippen molar-refractivity contribution in [3.63, 3.8) is 0 Å². The number of carbonyl (C=O) groups excluding carboxylic acids is 2. The van der Waals surface area contributed by atoms with Crippen molar-refractivity contribution < 1.29 is 18.0 Å². The van der Waals surface area contributed by atoms with Gasteiger partial charge in [-0.1, -0.05) is 47.5 Å². The maximum absolute atomic E-state index is 13.1. The SMILES string of the molecule is CCNC(=O)[C@@H](C)N(Cc1ccc(C)cc1)C(=O)CCCN(c1cccc(Cl)c1)S(C)(=O)=O. The van der Waals surface area contributed by atoms with Crippen molar-refractivity contribution in [3.05, 3.63) is 64.7 Å². The third kappa shape index (κ3) is 8.05. The fourth-order valence-electron chi connectivity index (χ4n) is 3.43. The predicted molar refractivity (Wildman–Crippen MR) is 133 cm³/mol. The summed E-state index contributed by atoms with van der Waals surface area (Å²) in [5.41, 5.74) is 2.47. The number of carbonyl (C=O) groups is 2. The molecule has 7 nitrogen and oxygen atoms in total. The van der Waals surface area contributed by atoms with E-state index in [0.717, 1.165) is 17.4 Å². The summed E-state index contributed by atoms with van der Waals surface area (Å²) in [6, 6.07) is 13.7. The average Bonchev–Trinajstić information content (AvgIpc) is 2.75. The van der Waals surface area contributed by atoms with Gasteiger partial charge in [0.1, 0.15) is 6.04 Å². The summed E-state index contributed by atoms with van der Waals surface area (Å²) in [5.74, 6) is -0.441. The molecular weight excluding hydrogens is 462 g/mol. The monoisotopic (exact) mass is 493 g/mol. The molecule has 0 saturated carbocycles. The molecule has 2 rings (SSSR count). The number of sulfonamides is 1. The lowest BCUT2D eigenvalue weighted by Crippen LogP contribution is -2.47. The summed E-state index contributed by atoms with van der Waals surface area (Å²) in [4.78, 5) is 27.1. The molecule has 2 aromatic rings. The van der Waals surface area contributed by atoms with Gasteiger partial charge in [-0.3, -0.25) is 13.9 Å². The van der Waals surface area contributed by atoms with E-state index >= 15 is 0 Å². The first kappa shape index (κ1) is 26.7. The highest BCUT2D eigenvalue weighted by molar-refractivity contribution is 7.92. The summed E-state index contributed by atoms with van der Waals surface area (Å²) in [7, 11) is -3.56. The Bertz CT molecular complexity index is 1060. The highest BCUT2D eigenvalue weighted by atomic mass is 35.5. The van der Waals surface area contributed by atoms with Crippen molar-refractivity contribution in [3.8, 4) is 0 Å². The normalized spacial score (nSPS) is 12.2. The Morgan fingerprint density at radius 3 is 2.36 bits per heavy atom. The standard InChI is InChI=1S/C24H32ClN3O4S/c1-5-26-24(30)19(3)27(17-20-13-11-18(2)12-14-20)23(29)10-7-15-28(33(4,31)32)22-9-6-8-21(25)16-22/h6,8-9,11-14,16,19H,5,7,10,15,17H2,1-4H3,(H,26,30)/t19-/m1/s1. The Morgan fingerprint density at radius 1 is 1.12 bits per heavy atom. The van der Waals surface area contributed by atoms with Gasteiger partial charge >= 0.3 is 0 Å². The molecule has 0 heterocycles. The van der Waals surface area contributed by atoms with Gasteiger partial charge in [0.25, 0.3) is 0 Å². The van der Waals surface area contributed by atoms with Gasteiger partial charge < -0.3 is 10.2 Å². The third-order valence-electron chi connectivity index (χ3n) is 5.24. The third-order valence-corrected chi connectivity index (χ3v) is 6.67. The van der Waals surface area contributed by atoms with Gasteiger partial charge in [-0.15, -0.1) is 0 Å². The highest BCUT2D eigenvalue weighted by Gasteiger charge is 2.26. The van der Waals surface area contributed by atoms with Crippen LogP contribution < -0.4 is 9.62 Å². The second-order valence-electron chi connectivity index (χ2n) is 8.00. The molecule has 33 heavy (non-hydrogen) atoms. The van der Waals surface area contributed by atoms with Crippen LogP contribution >= 0.6 is 11.6 Å². The van der Waals surface area contributed by atoms with E-state index in [9.17, 15) is 18.0 Å². The minimum Gasteiger partial charge on any atom is -0.355 e. The molecule has 2 aromatic carbocycles. The van der Waals surface area contributed by atoms with E-state index in [1.807, 2.05) is 38.1 Å². The maximum Gasteiger partial charge on any atom is 0.242 e. The quantitative estimate of drug-likeness (QED) is 0.516. The number of hydrogen-bond acceptors (Lipinski definition) is 4. The smallest absolute Gasteiger partial charge is 0.242 e. The number of halogens is 1. The van der Waals surface area contributed by atoms with Crippen LogP contribution in [0.2, 0.25) is 5.02 Å². The zero-order valence-corrected chi connectivity index (χ0v) is 21.1. The lowest BCUT2D eigenvalue weighted by Gasteiger charge is -2.29. The largest absolute Gasteiger partial charge is 0.355 e. The summed E-state index contributed by atoms with van der Waals surface area (Å²) >= 11 is 6.02. The van der Waals surface area contributed by atoms with Gasteiger partial charge in [0.05, 0.1) is 11.9 Å².